The maximum absolute atomic E-state index is 6.50. The summed E-state index contributed by atoms with van der Waals surface area (Å²) in [6, 6.07) is 10.9. The van der Waals surface area contributed by atoms with Crippen LogP contribution in [0.1, 0.15) is 63.6 Å². The summed E-state index contributed by atoms with van der Waals surface area (Å²) < 4.78 is 0. The number of benzene rings is 1. The number of nitrogens with two attached hydrogens (primary N) is 1. The molecule has 4 atom stereocenters. The molecule has 0 aromatic heterocycles. The standard InChI is InChI=1S/C18H30N2/c1-5-16-12-9-14(4)20(16)18(17(19)6-2)15-10-7-13(3)8-11-15/h7-8,10-11,14,16-18H,5-6,9,12,19H2,1-4H3. The molecule has 0 aliphatic carbocycles. The van der Waals surface area contributed by atoms with E-state index in [1.54, 1.807) is 0 Å². The molecular formula is C18H30N2. The van der Waals surface area contributed by atoms with Gasteiger partial charge in [0.2, 0.25) is 0 Å². The average Bonchev–Trinajstić information content (AvgIpc) is 2.82. The van der Waals surface area contributed by atoms with Gasteiger partial charge in [0.1, 0.15) is 0 Å². The van der Waals surface area contributed by atoms with E-state index in [-0.39, 0.29) is 6.04 Å². The summed E-state index contributed by atoms with van der Waals surface area (Å²) in [4.78, 5) is 2.69. The molecule has 0 bridgehead atoms. The highest BCUT2D eigenvalue weighted by molar-refractivity contribution is 5.26. The van der Waals surface area contributed by atoms with E-state index in [1.807, 2.05) is 0 Å². The number of aryl methyl sites for hydroxylation is 1. The SMILES string of the molecule is CCC(N)C(c1ccc(C)cc1)N1C(C)CCC1CC. The van der Waals surface area contributed by atoms with Gasteiger partial charge in [-0.3, -0.25) is 4.90 Å². The van der Waals surface area contributed by atoms with Crippen LogP contribution in [0, 0.1) is 6.92 Å². The molecule has 1 saturated heterocycles. The summed E-state index contributed by atoms with van der Waals surface area (Å²) in [6.07, 6.45) is 4.87. The number of nitrogens with zero attached hydrogens (tertiary/aromatic N) is 1. The van der Waals surface area contributed by atoms with Crippen LogP contribution in [0.25, 0.3) is 0 Å². The average molecular weight is 274 g/mol. The van der Waals surface area contributed by atoms with Crippen molar-refractivity contribution in [2.75, 3.05) is 0 Å². The first-order chi connectivity index (χ1) is 9.58. The Bertz CT molecular complexity index is 412. The molecule has 0 radical (unpaired) electrons. The molecule has 2 N–H and O–H groups in total. The Morgan fingerprint density at radius 2 is 1.85 bits per heavy atom. The van der Waals surface area contributed by atoms with Crippen molar-refractivity contribution >= 4 is 0 Å². The molecule has 20 heavy (non-hydrogen) atoms. The smallest absolute Gasteiger partial charge is 0.0504 e. The third-order valence-corrected chi connectivity index (χ3v) is 4.94. The van der Waals surface area contributed by atoms with Crippen LogP contribution in [0.2, 0.25) is 0 Å². The molecule has 0 amide bonds. The van der Waals surface area contributed by atoms with Gasteiger partial charge in [-0.2, -0.15) is 0 Å². The molecule has 1 aromatic rings. The number of likely N-dealkylation sites (tertiary alicyclic amines) is 1. The molecule has 1 fully saturated rings. The maximum atomic E-state index is 6.50. The van der Waals surface area contributed by atoms with E-state index in [4.69, 9.17) is 5.73 Å². The highest BCUT2D eigenvalue weighted by Crippen LogP contribution is 2.37. The lowest BCUT2D eigenvalue weighted by Crippen LogP contribution is -2.46. The first kappa shape index (κ1) is 15.5. The van der Waals surface area contributed by atoms with Crippen LogP contribution < -0.4 is 5.73 Å². The summed E-state index contributed by atoms with van der Waals surface area (Å²) in [5.41, 5.74) is 9.21. The van der Waals surface area contributed by atoms with E-state index in [1.165, 1.54) is 30.4 Å². The van der Waals surface area contributed by atoms with Gasteiger partial charge in [-0.1, -0.05) is 43.7 Å². The van der Waals surface area contributed by atoms with Crippen molar-refractivity contribution in [1.29, 1.82) is 0 Å². The van der Waals surface area contributed by atoms with Crippen LogP contribution in [-0.2, 0) is 0 Å². The lowest BCUT2D eigenvalue weighted by Gasteiger charge is -2.39. The minimum absolute atomic E-state index is 0.215. The van der Waals surface area contributed by atoms with Crippen molar-refractivity contribution in [1.82, 2.24) is 4.90 Å². The highest BCUT2D eigenvalue weighted by atomic mass is 15.2. The summed E-state index contributed by atoms with van der Waals surface area (Å²) in [5.74, 6) is 0. The number of hydrogen-bond donors (Lipinski definition) is 1. The zero-order valence-corrected chi connectivity index (χ0v) is 13.5. The lowest BCUT2D eigenvalue weighted by molar-refractivity contribution is 0.112. The summed E-state index contributed by atoms with van der Waals surface area (Å²) in [6.45, 7) is 9.01. The van der Waals surface area contributed by atoms with Crippen molar-refractivity contribution in [2.45, 2.75) is 77.5 Å². The van der Waals surface area contributed by atoms with Gasteiger partial charge < -0.3 is 5.73 Å². The Morgan fingerprint density at radius 3 is 2.40 bits per heavy atom. The van der Waals surface area contributed by atoms with E-state index >= 15 is 0 Å². The normalized spacial score (nSPS) is 26.6. The quantitative estimate of drug-likeness (QED) is 0.878. The van der Waals surface area contributed by atoms with Gasteiger partial charge in [-0.25, -0.2) is 0 Å². The van der Waals surface area contributed by atoms with E-state index in [0.29, 0.717) is 18.1 Å². The second-order valence-electron chi connectivity index (χ2n) is 6.36. The maximum Gasteiger partial charge on any atom is 0.0504 e. The van der Waals surface area contributed by atoms with Gasteiger partial charge in [0.25, 0.3) is 0 Å². The van der Waals surface area contributed by atoms with Crippen molar-refractivity contribution in [2.24, 2.45) is 5.73 Å². The molecule has 2 nitrogen and oxygen atoms in total. The number of rotatable bonds is 5. The van der Waals surface area contributed by atoms with Crippen molar-refractivity contribution in [3.8, 4) is 0 Å². The molecule has 1 aliphatic rings. The Morgan fingerprint density at radius 1 is 1.20 bits per heavy atom. The first-order valence-electron chi connectivity index (χ1n) is 8.18. The second kappa shape index (κ2) is 6.73. The van der Waals surface area contributed by atoms with E-state index in [2.05, 4.69) is 56.9 Å². The second-order valence-corrected chi connectivity index (χ2v) is 6.36. The molecule has 1 heterocycles. The summed E-state index contributed by atoms with van der Waals surface area (Å²) in [7, 11) is 0. The molecule has 0 saturated carbocycles. The minimum Gasteiger partial charge on any atom is -0.326 e. The lowest BCUT2D eigenvalue weighted by atomic mass is 9.94. The Hall–Kier alpha value is -0.860. The van der Waals surface area contributed by atoms with Crippen LogP contribution in [-0.4, -0.2) is 23.0 Å². The molecule has 2 rings (SSSR count). The van der Waals surface area contributed by atoms with Crippen LogP contribution in [0.15, 0.2) is 24.3 Å². The fraction of sp³-hybridized carbons (Fsp3) is 0.667. The summed E-state index contributed by atoms with van der Waals surface area (Å²) in [5, 5.41) is 0. The fourth-order valence-corrected chi connectivity index (χ4v) is 3.64. The molecule has 1 aliphatic heterocycles. The van der Waals surface area contributed by atoms with Crippen LogP contribution >= 0.6 is 0 Å². The Kier molecular flexibility index (Phi) is 5.22. The monoisotopic (exact) mass is 274 g/mol. The van der Waals surface area contributed by atoms with Gasteiger partial charge in [0.05, 0.1) is 6.04 Å². The minimum atomic E-state index is 0.215. The predicted octanol–water partition coefficient (Wildman–Crippen LogP) is 4.04. The van der Waals surface area contributed by atoms with Crippen molar-refractivity contribution in [3.63, 3.8) is 0 Å². The predicted molar refractivity (Wildman–Crippen MR) is 86.8 cm³/mol. The van der Waals surface area contributed by atoms with Gasteiger partial charge in [0.15, 0.2) is 0 Å². The van der Waals surface area contributed by atoms with Gasteiger partial charge in [-0.15, -0.1) is 0 Å². The molecule has 1 aromatic carbocycles. The topological polar surface area (TPSA) is 29.3 Å². The number of hydrogen-bond acceptors (Lipinski definition) is 2. The van der Waals surface area contributed by atoms with Crippen molar-refractivity contribution < 1.29 is 0 Å². The van der Waals surface area contributed by atoms with Gasteiger partial charge >= 0.3 is 0 Å². The molecule has 112 valence electrons. The third kappa shape index (κ3) is 3.07. The van der Waals surface area contributed by atoms with E-state index in [0.717, 1.165) is 6.42 Å². The summed E-state index contributed by atoms with van der Waals surface area (Å²) >= 11 is 0. The Labute approximate surface area is 124 Å². The Balaban J connectivity index is 2.34. The van der Waals surface area contributed by atoms with E-state index in [9.17, 15) is 0 Å². The van der Waals surface area contributed by atoms with Gasteiger partial charge in [0, 0.05) is 18.1 Å². The van der Waals surface area contributed by atoms with Gasteiger partial charge in [-0.05, 0) is 45.1 Å². The fourth-order valence-electron chi connectivity index (χ4n) is 3.64. The molecule has 2 heteroatoms. The highest BCUT2D eigenvalue weighted by Gasteiger charge is 2.37. The van der Waals surface area contributed by atoms with Crippen molar-refractivity contribution in [3.05, 3.63) is 35.4 Å². The largest absolute Gasteiger partial charge is 0.326 e. The third-order valence-electron chi connectivity index (χ3n) is 4.94. The molecule has 4 unspecified atom stereocenters. The molecular weight excluding hydrogens is 244 g/mol. The zero-order chi connectivity index (χ0) is 14.7. The first-order valence-corrected chi connectivity index (χ1v) is 8.18. The zero-order valence-electron chi connectivity index (χ0n) is 13.5. The van der Waals surface area contributed by atoms with Crippen LogP contribution in [0.3, 0.4) is 0 Å². The van der Waals surface area contributed by atoms with Crippen LogP contribution in [0.5, 0.6) is 0 Å². The molecule has 0 spiro atoms. The van der Waals surface area contributed by atoms with Crippen LogP contribution in [0.4, 0.5) is 0 Å². The van der Waals surface area contributed by atoms with E-state index < -0.39 is 0 Å².